The lowest BCUT2D eigenvalue weighted by atomic mass is 10.2. The molecule has 0 heterocycles. The van der Waals surface area contributed by atoms with Crippen molar-refractivity contribution in [3.8, 4) is 0 Å². The van der Waals surface area contributed by atoms with E-state index in [2.05, 4.69) is 0 Å². The molecule has 1 atom stereocenters. The van der Waals surface area contributed by atoms with Gasteiger partial charge in [-0.25, -0.2) is 12.8 Å². The van der Waals surface area contributed by atoms with Crippen molar-refractivity contribution in [2.75, 3.05) is 5.75 Å². The number of sulfone groups is 1. The van der Waals surface area contributed by atoms with Gasteiger partial charge >= 0.3 is 0 Å². The highest BCUT2D eigenvalue weighted by Crippen LogP contribution is 2.16. The minimum atomic E-state index is -3.52. The Morgan fingerprint density at radius 3 is 2.56 bits per heavy atom. The number of hydrogen-bond donors (Lipinski definition) is 1. The third-order valence-electron chi connectivity index (χ3n) is 2.24. The zero-order valence-corrected chi connectivity index (χ0v) is 10.0. The molecular weight excluding hydrogens is 229 g/mol. The predicted molar refractivity (Wildman–Crippen MR) is 61.3 cm³/mol. The monoisotopic (exact) mass is 245 g/mol. The van der Waals surface area contributed by atoms with Gasteiger partial charge in [-0.3, -0.25) is 0 Å². The average Bonchev–Trinajstić information content (AvgIpc) is 2.17. The van der Waals surface area contributed by atoms with E-state index in [0.29, 0.717) is 12.8 Å². The van der Waals surface area contributed by atoms with Crippen LogP contribution in [0.2, 0.25) is 0 Å². The molecule has 0 fully saturated rings. The van der Waals surface area contributed by atoms with Crippen LogP contribution in [-0.4, -0.2) is 20.2 Å². The Morgan fingerprint density at radius 2 is 2.00 bits per heavy atom. The lowest BCUT2D eigenvalue weighted by Gasteiger charge is -2.07. The molecule has 16 heavy (non-hydrogen) atoms. The molecule has 90 valence electrons. The van der Waals surface area contributed by atoms with Gasteiger partial charge in [-0.2, -0.15) is 0 Å². The first-order valence-corrected chi connectivity index (χ1v) is 6.81. The number of benzene rings is 1. The normalized spacial score (nSPS) is 13.7. The molecule has 0 spiro atoms. The van der Waals surface area contributed by atoms with Crippen LogP contribution in [-0.2, 0) is 9.84 Å². The van der Waals surface area contributed by atoms with Crippen LogP contribution in [0.5, 0.6) is 0 Å². The van der Waals surface area contributed by atoms with Crippen molar-refractivity contribution in [1.29, 1.82) is 0 Å². The van der Waals surface area contributed by atoms with Crippen molar-refractivity contribution in [2.24, 2.45) is 5.73 Å². The molecule has 5 heteroatoms. The van der Waals surface area contributed by atoms with Crippen molar-refractivity contribution in [3.05, 3.63) is 30.1 Å². The van der Waals surface area contributed by atoms with Crippen molar-refractivity contribution in [3.63, 3.8) is 0 Å². The molecule has 0 aliphatic heterocycles. The topological polar surface area (TPSA) is 60.2 Å². The standard InChI is InChI=1S/C11H16FNO2S/c1-9(13)5-4-8-16(14,15)11-7-3-2-6-10(11)12/h2-3,6-7,9H,4-5,8,13H2,1H3. The first-order valence-electron chi connectivity index (χ1n) is 5.16. The van der Waals surface area contributed by atoms with E-state index in [9.17, 15) is 12.8 Å². The summed E-state index contributed by atoms with van der Waals surface area (Å²) in [5.74, 6) is -0.751. The predicted octanol–water partition coefficient (Wildman–Crippen LogP) is 1.73. The van der Waals surface area contributed by atoms with Gasteiger partial charge in [0.2, 0.25) is 0 Å². The van der Waals surface area contributed by atoms with Gasteiger partial charge in [0.25, 0.3) is 0 Å². The lowest BCUT2D eigenvalue weighted by Crippen LogP contribution is -2.17. The van der Waals surface area contributed by atoms with E-state index < -0.39 is 15.7 Å². The lowest BCUT2D eigenvalue weighted by molar-refractivity contribution is 0.561. The van der Waals surface area contributed by atoms with E-state index in [4.69, 9.17) is 5.73 Å². The molecule has 0 saturated carbocycles. The fraction of sp³-hybridized carbons (Fsp3) is 0.455. The van der Waals surface area contributed by atoms with Gasteiger partial charge < -0.3 is 5.73 Å². The zero-order chi connectivity index (χ0) is 12.2. The van der Waals surface area contributed by atoms with Crippen LogP contribution in [0.15, 0.2) is 29.2 Å². The number of rotatable bonds is 5. The third-order valence-corrected chi connectivity index (χ3v) is 4.07. The largest absolute Gasteiger partial charge is 0.328 e. The minimum Gasteiger partial charge on any atom is -0.328 e. The Kier molecular flexibility index (Phi) is 4.44. The number of hydrogen-bond acceptors (Lipinski definition) is 3. The fourth-order valence-corrected chi connectivity index (χ4v) is 2.82. The van der Waals surface area contributed by atoms with Gasteiger partial charge in [-0.05, 0) is 31.9 Å². The molecule has 1 aromatic rings. The zero-order valence-electron chi connectivity index (χ0n) is 9.19. The summed E-state index contributed by atoms with van der Waals surface area (Å²) in [5.41, 5.74) is 5.52. The summed E-state index contributed by atoms with van der Waals surface area (Å²) in [6, 6.07) is 5.39. The van der Waals surface area contributed by atoms with Gasteiger partial charge in [0, 0.05) is 6.04 Å². The average molecular weight is 245 g/mol. The highest BCUT2D eigenvalue weighted by molar-refractivity contribution is 7.91. The van der Waals surface area contributed by atoms with Gasteiger partial charge in [0.15, 0.2) is 9.84 Å². The van der Waals surface area contributed by atoms with E-state index >= 15 is 0 Å². The Morgan fingerprint density at radius 1 is 1.38 bits per heavy atom. The smallest absolute Gasteiger partial charge is 0.181 e. The summed E-state index contributed by atoms with van der Waals surface area (Å²) >= 11 is 0. The van der Waals surface area contributed by atoms with E-state index in [0.717, 1.165) is 6.07 Å². The fourth-order valence-electron chi connectivity index (χ4n) is 1.40. The van der Waals surface area contributed by atoms with Crippen LogP contribution >= 0.6 is 0 Å². The molecule has 0 radical (unpaired) electrons. The third kappa shape index (κ3) is 3.57. The Hall–Kier alpha value is -0.940. The van der Waals surface area contributed by atoms with E-state index in [-0.39, 0.29) is 16.7 Å². The first kappa shape index (κ1) is 13.1. The maximum absolute atomic E-state index is 13.3. The molecule has 3 nitrogen and oxygen atoms in total. The Labute approximate surface area is 95.4 Å². The first-order chi connectivity index (χ1) is 7.43. The number of halogens is 1. The highest BCUT2D eigenvalue weighted by atomic mass is 32.2. The maximum Gasteiger partial charge on any atom is 0.181 e. The molecule has 0 saturated heterocycles. The second-order valence-corrected chi connectivity index (χ2v) is 5.95. The molecule has 1 rings (SSSR count). The molecule has 1 aromatic carbocycles. The van der Waals surface area contributed by atoms with Crippen LogP contribution < -0.4 is 5.73 Å². The summed E-state index contributed by atoms with van der Waals surface area (Å²) < 4.78 is 36.8. The molecule has 0 aliphatic rings. The van der Waals surface area contributed by atoms with Crippen molar-refractivity contribution in [2.45, 2.75) is 30.7 Å². The van der Waals surface area contributed by atoms with E-state index in [1.165, 1.54) is 18.2 Å². The van der Waals surface area contributed by atoms with Crippen LogP contribution in [0.25, 0.3) is 0 Å². The van der Waals surface area contributed by atoms with Gasteiger partial charge in [0.05, 0.1) is 5.75 Å². The Bertz CT molecular complexity index is 443. The number of nitrogens with two attached hydrogens (primary N) is 1. The van der Waals surface area contributed by atoms with Crippen molar-refractivity contribution >= 4 is 9.84 Å². The van der Waals surface area contributed by atoms with Crippen molar-refractivity contribution in [1.82, 2.24) is 0 Å². The van der Waals surface area contributed by atoms with Gasteiger partial charge in [0.1, 0.15) is 10.7 Å². The highest BCUT2D eigenvalue weighted by Gasteiger charge is 2.18. The maximum atomic E-state index is 13.3. The summed E-state index contributed by atoms with van der Waals surface area (Å²) in [7, 11) is -3.52. The van der Waals surface area contributed by atoms with E-state index in [1.807, 2.05) is 6.92 Å². The van der Waals surface area contributed by atoms with Crippen LogP contribution in [0.3, 0.4) is 0 Å². The Balaban J connectivity index is 2.75. The van der Waals surface area contributed by atoms with E-state index in [1.54, 1.807) is 0 Å². The van der Waals surface area contributed by atoms with Crippen molar-refractivity contribution < 1.29 is 12.8 Å². The quantitative estimate of drug-likeness (QED) is 0.859. The molecule has 0 bridgehead atoms. The minimum absolute atomic E-state index is 0.0316. The summed E-state index contributed by atoms with van der Waals surface area (Å²) in [6.07, 6.45) is 1.07. The van der Waals surface area contributed by atoms with Crippen LogP contribution in [0.1, 0.15) is 19.8 Å². The molecule has 0 amide bonds. The molecule has 0 aromatic heterocycles. The molecular formula is C11H16FNO2S. The van der Waals surface area contributed by atoms with Crippen LogP contribution in [0.4, 0.5) is 4.39 Å². The second-order valence-electron chi connectivity index (χ2n) is 3.87. The summed E-state index contributed by atoms with van der Waals surface area (Å²) in [6.45, 7) is 1.82. The van der Waals surface area contributed by atoms with Gasteiger partial charge in [-0.15, -0.1) is 0 Å². The molecule has 2 N–H and O–H groups in total. The van der Waals surface area contributed by atoms with Crippen LogP contribution in [0, 0.1) is 5.82 Å². The second kappa shape index (κ2) is 5.41. The summed E-state index contributed by atoms with van der Waals surface area (Å²) in [4.78, 5) is -0.223. The SMILES string of the molecule is CC(N)CCCS(=O)(=O)c1ccccc1F. The summed E-state index contributed by atoms with van der Waals surface area (Å²) in [5, 5.41) is 0. The molecule has 1 unspecified atom stereocenters. The van der Waals surface area contributed by atoms with Gasteiger partial charge in [-0.1, -0.05) is 12.1 Å². The molecule has 0 aliphatic carbocycles.